The first-order valence-electron chi connectivity index (χ1n) is 8.87. The van der Waals surface area contributed by atoms with Crippen LogP contribution < -0.4 is 5.32 Å². The minimum atomic E-state index is -3.40. The predicted molar refractivity (Wildman–Crippen MR) is 119 cm³/mol. The van der Waals surface area contributed by atoms with E-state index in [1.807, 2.05) is 12.1 Å². The van der Waals surface area contributed by atoms with Crippen molar-refractivity contribution in [3.63, 3.8) is 0 Å². The number of rotatable bonds is 5. The Morgan fingerprint density at radius 1 is 1.21 bits per heavy atom. The van der Waals surface area contributed by atoms with Crippen molar-refractivity contribution in [2.45, 2.75) is 19.2 Å². The van der Waals surface area contributed by atoms with E-state index in [4.69, 9.17) is 4.52 Å². The Morgan fingerprint density at radius 2 is 1.93 bits per heavy atom. The quantitative estimate of drug-likeness (QED) is 0.368. The first-order chi connectivity index (χ1) is 13.0. The second-order valence-electron chi connectivity index (χ2n) is 6.46. The molecule has 0 bridgehead atoms. The van der Waals surface area contributed by atoms with E-state index in [9.17, 15) is 8.42 Å². The molecule has 1 saturated heterocycles. The van der Waals surface area contributed by atoms with E-state index in [-0.39, 0.29) is 29.7 Å². The number of benzene rings is 1. The predicted octanol–water partition coefficient (Wildman–Crippen LogP) is 1.82. The molecule has 154 valence electrons. The van der Waals surface area contributed by atoms with Crippen LogP contribution in [0.2, 0.25) is 0 Å². The summed E-state index contributed by atoms with van der Waals surface area (Å²) < 4.78 is 31.3. The molecule has 0 atom stereocenters. The van der Waals surface area contributed by atoms with Gasteiger partial charge in [0.1, 0.15) is 12.0 Å². The third-order valence-corrected chi connectivity index (χ3v) is 6.48. The van der Waals surface area contributed by atoms with Gasteiger partial charge in [-0.2, -0.15) is 4.31 Å². The first kappa shape index (κ1) is 22.6. The lowest BCUT2D eigenvalue weighted by molar-refractivity contribution is 0.259. The largest absolute Gasteiger partial charge is 0.364 e. The van der Waals surface area contributed by atoms with E-state index < -0.39 is 10.0 Å². The lowest BCUT2D eigenvalue weighted by Crippen LogP contribution is -2.53. The highest BCUT2D eigenvalue weighted by Crippen LogP contribution is 2.13. The van der Waals surface area contributed by atoms with Gasteiger partial charge >= 0.3 is 0 Å². The second-order valence-corrected chi connectivity index (χ2v) is 8.43. The Bertz CT molecular complexity index is 878. The van der Waals surface area contributed by atoms with Crippen molar-refractivity contribution in [2.24, 2.45) is 4.99 Å². The zero-order chi connectivity index (χ0) is 19.3. The van der Waals surface area contributed by atoms with Crippen LogP contribution in [0, 0.1) is 6.92 Å². The number of hydrogen-bond donors (Lipinski definition) is 1. The summed E-state index contributed by atoms with van der Waals surface area (Å²) in [6, 6.07) is 9.78. The maximum absolute atomic E-state index is 12.5. The van der Waals surface area contributed by atoms with Gasteiger partial charge in [-0.1, -0.05) is 29.4 Å². The third-order valence-electron chi connectivity index (χ3n) is 4.66. The number of aryl methyl sites for hydroxylation is 1. The summed E-state index contributed by atoms with van der Waals surface area (Å²) >= 11 is 0. The van der Waals surface area contributed by atoms with E-state index in [1.54, 1.807) is 13.1 Å². The number of piperazine rings is 1. The monoisotopic (exact) mass is 519 g/mol. The van der Waals surface area contributed by atoms with E-state index in [0.717, 1.165) is 5.96 Å². The van der Waals surface area contributed by atoms with Gasteiger partial charge in [-0.25, -0.2) is 8.42 Å². The fourth-order valence-electron chi connectivity index (χ4n) is 3.08. The van der Waals surface area contributed by atoms with Crippen LogP contribution in [0.4, 0.5) is 0 Å². The van der Waals surface area contributed by atoms with Crippen molar-refractivity contribution < 1.29 is 12.9 Å². The van der Waals surface area contributed by atoms with Gasteiger partial charge in [-0.3, -0.25) is 4.99 Å². The smallest absolute Gasteiger partial charge is 0.220 e. The number of aliphatic imine (C=N–C) groups is 1. The molecule has 0 unspecified atom stereocenters. The van der Waals surface area contributed by atoms with Crippen molar-refractivity contribution in [3.8, 4) is 0 Å². The molecule has 0 amide bonds. The Labute approximate surface area is 183 Å². The van der Waals surface area contributed by atoms with Gasteiger partial charge < -0.3 is 14.7 Å². The molecule has 28 heavy (non-hydrogen) atoms. The lowest BCUT2D eigenvalue weighted by Gasteiger charge is -2.35. The molecule has 1 fully saturated rings. The van der Waals surface area contributed by atoms with Crippen molar-refractivity contribution in [1.82, 2.24) is 19.7 Å². The lowest BCUT2D eigenvalue weighted by atomic mass is 10.1. The molecule has 0 saturated carbocycles. The maximum Gasteiger partial charge on any atom is 0.220 e. The Morgan fingerprint density at radius 3 is 2.54 bits per heavy atom. The molecular weight excluding hydrogens is 493 g/mol. The van der Waals surface area contributed by atoms with Crippen LogP contribution >= 0.6 is 24.0 Å². The fourth-order valence-corrected chi connectivity index (χ4v) is 4.51. The average Bonchev–Trinajstić information content (AvgIpc) is 3.16. The van der Waals surface area contributed by atoms with Crippen LogP contribution in [0.3, 0.4) is 0 Å². The number of nitrogens with one attached hydrogen (secondary N) is 1. The van der Waals surface area contributed by atoms with Gasteiger partial charge in [-0.15, -0.1) is 24.0 Å². The Hall–Kier alpha value is -1.66. The number of hydrogen-bond acceptors (Lipinski definition) is 5. The summed E-state index contributed by atoms with van der Waals surface area (Å²) in [6.07, 6.45) is 1.38. The molecule has 8 nitrogen and oxygen atoms in total. The van der Waals surface area contributed by atoms with E-state index >= 15 is 0 Å². The number of nitrogens with zero attached hydrogens (tertiary/aromatic N) is 4. The SMILES string of the molecule is CN=C(NCc1ccccc1C)N1CCN(S(=O)(=O)Cc2ccon2)CC1.I. The Kier molecular flexibility index (Phi) is 8.25. The van der Waals surface area contributed by atoms with Crippen LogP contribution in [0.25, 0.3) is 0 Å². The highest BCUT2D eigenvalue weighted by Gasteiger charge is 2.28. The van der Waals surface area contributed by atoms with E-state index in [2.05, 4.69) is 39.4 Å². The molecule has 0 spiro atoms. The van der Waals surface area contributed by atoms with Crippen molar-refractivity contribution in [2.75, 3.05) is 33.2 Å². The molecule has 0 radical (unpaired) electrons. The minimum absolute atomic E-state index is 0. The van der Waals surface area contributed by atoms with Crippen LogP contribution in [0.5, 0.6) is 0 Å². The van der Waals surface area contributed by atoms with Gasteiger partial charge in [0, 0.05) is 45.8 Å². The van der Waals surface area contributed by atoms with Crippen LogP contribution in [0.15, 0.2) is 46.1 Å². The molecule has 1 aliphatic rings. The summed E-state index contributed by atoms with van der Waals surface area (Å²) in [6.45, 7) is 4.79. The summed E-state index contributed by atoms with van der Waals surface area (Å²) in [4.78, 5) is 6.43. The zero-order valence-electron chi connectivity index (χ0n) is 16.0. The molecule has 1 N–H and O–H groups in total. The zero-order valence-corrected chi connectivity index (χ0v) is 19.2. The molecule has 1 aromatic heterocycles. The number of halogens is 1. The molecule has 1 aromatic carbocycles. The molecular formula is C18H26IN5O3S. The molecule has 0 aliphatic carbocycles. The Balaban J connectivity index is 0.00000280. The van der Waals surface area contributed by atoms with Crippen molar-refractivity contribution in [1.29, 1.82) is 0 Å². The highest BCUT2D eigenvalue weighted by molar-refractivity contribution is 14.0. The van der Waals surface area contributed by atoms with Crippen molar-refractivity contribution in [3.05, 3.63) is 53.4 Å². The van der Waals surface area contributed by atoms with Crippen LogP contribution in [0.1, 0.15) is 16.8 Å². The second kappa shape index (κ2) is 10.2. The summed E-state index contributed by atoms with van der Waals surface area (Å²) in [7, 11) is -1.66. The van der Waals surface area contributed by atoms with Crippen LogP contribution in [-0.4, -0.2) is 62.0 Å². The number of sulfonamides is 1. The summed E-state index contributed by atoms with van der Waals surface area (Å²) in [5.74, 6) is 0.649. The minimum Gasteiger partial charge on any atom is -0.364 e. The van der Waals surface area contributed by atoms with Crippen LogP contribution in [-0.2, 0) is 22.3 Å². The molecule has 2 aromatic rings. The summed E-state index contributed by atoms with van der Waals surface area (Å²) in [5, 5.41) is 7.06. The van der Waals surface area contributed by atoms with E-state index in [1.165, 1.54) is 21.7 Å². The van der Waals surface area contributed by atoms with Gasteiger partial charge in [0.15, 0.2) is 5.96 Å². The van der Waals surface area contributed by atoms with Gasteiger partial charge in [0.2, 0.25) is 10.0 Å². The topological polar surface area (TPSA) is 91.0 Å². The standard InChI is InChI=1S/C18H25N5O3S.HI/c1-15-5-3-4-6-16(15)13-20-18(19-2)22-8-10-23(11-9-22)27(24,25)14-17-7-12-26-21-17;/h3-7,12H,8-11,13-14H2,1-2H3,(H,19,20);1H. The maximum atomic E-state index is 12.5. The normalized spacial score (nSPS) is 15.9. The molecule has 1 aliphatic heterocycles. The third kappa shape index (κ3) is 5.67. The fraction of sp³-hybridized carbons (Fsp3) is 0.444. The number of aromatic nitrogens is 1. The van der Waals surface area contributed by atoms with Crippen molar-refractivity contribution >= 4 is 40.0 Å². The van der Waals surface area contributed by atoms with Gasteiger partial charge in [0.05, 0.1) is 5.69 Å². The number of guanidine groups is 1. The highest BCUT2D eigenvalue weighted by atomic mass is 127. The first-order valence-corrected chi connectivity index (χ1v) is 10.5. The molecule has 2 heterocycles. The van der Waals surface area contributed by atoms with E-state index in [0.29, 0.717) is 38.4 Å². The van der Waals surface area contributed by atoms with Gasteiger partial charge in [-0.05, 0) is 18.1 Å². The molecule has 3 rings (SSSR count). The molecule has 10 heteroatoms. The van der Waals surface area contributed by atoms with Gasteiger partial charge in [0.25, 0.3) is 0 Å². The summed E-state index contributed by atoms with van der Waals surface area (Å²) in [5.41, 5.74) is 2.87. The average molecular weight is 519 g/mol.